The van der Waals surface area contributed by atoms with Gasteiger partial charge < -0.3 is 9.47 Å². The van der Waals surface area contributed by atoms with E-state index in [1.807, 2.05) is 6.08 Å². The standard InChI is InChI=1S/C54H104O4/c1-4-7-10-13-16-19-22-25-28-29-30-33-36-39-42-45-48-52(54(56)58-50-47-44-41-38-35-32-27-24-21-18-15-12-9-6-3)51-53(55)57-49-46-43-40-37-34-31-26-23-20-17-14-11-8-5-2/h45,48,52H,4-44,46-47,49-51H2,1-3H3/b48-45+. The Morgan fingerprint density at radius 1 is 0.345 bits per heavy atom. The maximum Gasteiger partial charge on any atom is 0.313 e. The zero-order valence-corrected chi connectivity index (χ0v) is 39.9. The van der Waals surface area contributed by atoms with E-state index >= 15 is 0 Å². The molecule has 0 aromatic carbocycles. The smallest absolute Gasteiger partial charge is 0.313 e. The lowest BCUT2D eigenvalue weighted by molar-refractivity contribution is -0.153. The second kappa shape index (κ2) is 50.0. The second-order valence-electron chi connectivity index (χ2n) is 18.2. The average Bonchev–Trinajstić information content (AvgIpc) is 3.22. The van der Waals surface area contributed by atoms with E-state index in [0.29, 0.717) is 13.2 Å². The molecule has 0 saturated heterocycles. The Kier molecular flexibility index (Phi) is 48.9. The Morgan fingerprint density at radius 2 is 0.603 bits per heavy atom. The minimum absolute atomic E-state index is 0.0887. The van der Waals surface area contributed by atoms with Gasteiger partial charge in [-0.05, 0) is 25.7 Å². The maximum atomic E-state index is 13.1. The number of rotatable bonds is 49. The molecule has 58 heavy (non-hydrogen) atoms. The van der Waals surface area contributed by atoms with Crippen molar-refractivity contribution in [3.8, 4) is 0 Å². The highest BCUT2D eigenvalue weighted by atomic mass is 16.5. The summed E-state index contributed by atoms with van der Waals surface area (Å²) in [6, 6.07) is 0. The monoisotopic (exact) mass is 817 g/mol. The van der Waals surface area contributed by atoms with Crippen LogP contribution in [0.2, 0.25) is 0 Å². The van der Waals surface area contributed by atoms with Crippen LogP contribution in [0, 0.1) is 5.92 Å². The number of ether oxygens (including phenoxy) is 2. The fraction of sp³-hybridized carbons (Fsp3) is 0.926. The van der Waals surface area contributed by atoms with Crippen LogP contribution >= 0.6 is 0 Å². The van der Waals surface area contributed by atoms with E-state index in [1.54, 1.807) is 0 Å². The molecule has 0 heterocycles. The van der Waals surface area contributed by atoms with E-state index in [9.17, 15) is 9.59 Å². The van der Waals surface area contributed by atoms with E-state index in [0.717, 1.165) is 38.5 Å². The van der Waals surface area contributed by atoms with Gasteiger partial charge in [-0.25, -0.2) is 0 Å². The van der Waals surface area contributed by atoms with Crippen molar-refractivity contribution in [3.63, 3.8) is 0 Å². The third-order valence-electron chi connectivity index (χ3n) is 12.3. The van der Waals surface area contributed by atoms with Crippen molar-refractivity contribution in [3.05, 3.63) is 12.2 Å². The van der Waals surface area contributed by atoms with Gasteiger partial charge in [0.25, 0.3) is 0 Å². The lowest BCUT2D eigenvalue weighted by Crippen LogP contribution is -2.21. The first-order chi connectivity index (χ1) is 28.7. The Hall–Kier alpha value is -1.32. The van der Waals surface area contributed by atoms with Crippen molar-refractivity contribution in [2.75, 3.05) is 13.2 Å². The summed E-state index contributed by atoms with van der Waals surface area (Å²) in [7, 11) is 0. The maximum absolute atomic E-state index is 13.1. The minimum Gasteiger partial charge on any atom is -0.466 e. The van der Waals surface area contributed by atoms with Gasteiger partial charge in [0.15, 0.2) is 0 Å². The number of unbranched alkanes of at least 4 members (excludes halogenated alkanes) is 40. The summed E-state index contributed by atoms with van der Waals surface area (Å²) in [5, 5.41) is 0. The molecule has 0 fully saturated rings. The molecule has 0 aliphatic carbocycles. The highest BCUT2D eigenvalue weighted by Crippen LogP contribution is 2.18. The molecule has 0 aromatic heterocycles. The third-order valence-corrected chi connectivity index (χ3v) is 12.3. The number of esters is 2. The first-order valence-corrected chi connectivity index (χ1v) is 26.6. The molecule has 0 aliphatic heterocycles. The zero-order valence-electron chi connectivity index (χ0n) is 39.9. The molecule has 1 atom stereocenters. The van der Waals surface area contributed by atoms with Crippen LogP contribution < -0.4 is 0 Å². The Labute approximate surface area is 364 Å². The molecule has 0 spiro atoms. The normalized spacial score (nSPS) is 12.1. The Morgan fingerprint density at radius 3 is 0.914 bits per heavy atom. The van der Waals surface area contributed by atoms with Crippen molar-refractivity contribution in [1.82, 2.24) is 0 Å². The van der Waals surface area contributed by atoms with Crippen molar-refractivity contribution >= 4 is 11.9 Å². The van der Waals surface area contributed by atoms with Crippen molar-refractivity contribution in [1.29, 1.82) is 0 Å². The number of allylic oxidation sites excluding steroid dienone is 1. The van der Waals surface area contributed by atoms with Gasteiger partial charge in [0.1, 0.15) is 0 Å². The average molecular weight is 817 g/mol. The summed E-state index contributed by atoms with van der Waals surface area (Å²) in [5.41, 5.74) is 0. The van der Waals surface area contributed by atoms with Crippen LogP contribution in [0.5, 0.6) is 0 Å². The largest absolute Gasteiger partial charge is 0.466 e. The number of carbonyl (C=O) groups is 2. The van der Waals surface area contributed by atoms with Crippen LogP contribution in [0.1, 0.15) is 303 Å². The molecule has 1 unspecified atom stereocenters. The quantitative estimate of drug-likeness (QED) is 0.0349. The predicted octanol–water partition coefficient (Wildman–Crippen LogP) is 18.5. The number of hydrogen-bond donors (Lipinski definition) is 0. The number of carbonyl (C=O) groups excluding carboxylic acids is 2. The van der Waals surface area contributed by atoms with Gasteiger partial charge >= 0.3 is 11.9 Å². The van der Waals surface area contributed by atoms with Crippen LogP contribution in [0.4, 0.5) is 0 Å². The lowest BCUT2D eigenvalue weighted by atomic mass is 10.0. The van der Waals surface area contributed by atoms with E-state index in [1.165, 1.54) is 238 Å². The summed E-state index contributed by atoms with van der Waals surface area (Å²) in [4.78, 5) is 25.9. The molecule has 4 nitrogen and oxygen atoms in total. The molecular formula is C54H104O4. The van der Waals surface area contributed by atoms with Crippen LogP contribution in [-0.2, 0) is 19.1 Å². The fourth-order valence-corrected chi connectivity index (χ4v) is 8.24. The van der Waals surface area contributed by atoms with E-state index in [2.05, 4.69) is 26.8 Å². The van der Waals surface area contributed by atoms with Crippen molar-refractivity contribution in [2.24, 2.45) is 5.92 Å². The van der Waals surface area contributed by atoms with Gasteiger partial charge in [0, 0.05) is 0 Å². The van der Waals surface area contributed by atoms with Gasteiger partial charge in [-0.2, -0.15) is 0 Å². The fourth-order valence-electron chi connectivity index (χ4n) is 8.24. The molecule has 0 saturated carbocycles. The predicted molar refractivity (Wildman–Crippen MR) is 255 cm³/mol. The Balaban J connectivity index is 4.27. The summed E-state index contributed by atoms with van der Waals surface area (Å²) in [6.07, 6.45) is 60.7. The molecule has 344 valence electrons. The van der Waals surface area contributed by atoms with E-state index < -0.39 is 5.92 Å². The molecule has 4 heteroatoms. The molecule has 0 bridgehead atoms. The van der Waals surface area contributed by atoms with E-state index in [4.69, 9.17) is 9.47 Å². The summed E-state index contributed by atoms with van der Waals surface area (Å²) >= 11 is 0. The first-order valence-electron chi connectivity index (χ1n) is 26.6. The highest BCUT2D eigenvalue weighted by molar-refractivity contribution is 5.81. The third kappa shape index (κ3) is 45.8. The SMILES string of the molecule is CCCCCCCCCCCCCCCC/C=C/C(CC(=O)OCCCCCCCCCCCCCCCC)C(=O)OCCCCCCCCCCCCCCCC. The lowest BCUT2D eigenvalue weighted by Gasteiger charge is -2.13. The van der Waals surface area contributed by atoms with Gasteiger partial charge in [0.05, 0.1) is 25.6 Å². The van der Waals surface area contributed by atoms with Gasteiger partial charge in [-0.15, -0.1) is 0 Å². The molecular weight excluding hydrogens is 713 g/mol. The molecule has 0 aromatic rings. The molecule has 0 aliphatic rings. The number of hydrogen-bond acceptors (Lipinski definition) is 4. The van der Waals surface area contributed by atoms with Gasteiger partial charge in [-0.3, -0.25) is 9.59 Å². The van der Waals surface area contributed by atoms with Gasteiger partial charge in [0.2, 0.25) is 0 Å². The van der Waals surface area contributed by atoms with Crippen LogP contribution in [0.25, 0.3) is 0 Å². The summed E-state index contributed by atoms with van der Waals surface area (Å²) in [6.45, 7) is 7.76. The summed E-state index contributed by atoms with van der Waals surface area (Å²) < 4.78 is 11.3. The second-order valence-corrected chi connectivity index (χ2v) is 18.2. The first kappa shape index (κ1) is 56.7. The van der Waals surface area contributed by atoms with Crippen molar-refractivity contribution in [2.45, 2.75) is 303 Å². The van der Waals surface area contributed by atoms with Crippen molar-refractivity contribution < 1.29 is 19.1 Å². The van der Waals surface area contributed by atoms with Crippen LogP contribution in [0.15, 0.2) is 12.2 Å². The minimum atomic E-state index is -0.540. The molecule has 0 rings (SSSR count). The Bertz CT molecular complexity index is 837. The molecule has 0 N–H and O–H groups in total. The van der Waals surface area contributed by atoms with Crippen LogP contribution in [0.3, 0.4) is 0 Å². The topological polar surface area (TPSA) is 52.6 Å². The van der Waals surface area contributed by atoms with E-state index in [-0.39, 0.29) is 18.4 Å². The highest BCUT2D eigenvalue weighted by Gasteiger charge is 2.21. The van der Waals surface area contributed by atoms with Gasteiger partial charge in [-0.1, -0.05) is 283 Å². The van der Waals surface area contributed by atoms with Crippen LogP contribution in [-0.4, -0.2) is 25.2 Å². The summed E-state index contributed by atoms with van der Waals surface area (Å²) in [5.74, 6) is -1.07. The molecule has 0 amide bonds. The zero-order chi connectivity index (χ0) is 42.1. The molecule has 0 radical (unpaired) electrons.